The minimum Gasteiger partial charge on any atom is -0.448 e. The van der Waals surface area contributed by atoms with Crippen molar-refractivity contribution in [1.82, 2.24) is 4.90 Å². The molecule has 1 aliphatic heterocycles. The van der Waals surface area contributed by atoms with Gasteiger partial charge in [-0.1, -0.05) is 55.5 Å². The van der Waals surface area contributed by atoms with Gasteiger partial charge in [-0.05, 0) is 46.9 Å². The molecule has 0 saturated carbocycles. The Labute approximate surface area is 160 Å². The lowest BCUT2D eigenvalue weighted by Crippen LogP contribution is -2.43. The normalized spacial score (nSPS) is 21.6. The fraction of sp³-hybridized carbons (Fsp3) is 0.435. The van der Waals surface area contributed by atoms with Gasteiger partial charge in [0.15, 0.2) is 0 Å². The van der Waals surface area contributed by atoms with Gasteiger partial charge in [-0.3, -0.25) is 0 Å². The Balaban J connectivity index is 1.43. The van der Waals surface area contributed by atoms with E-state index in [4.69, 9.17) is 4.74 Å². The largest absolute Gasteiger partial charge is 0.448 e. The molecule has 4 nitrogen and oxygen atoms in total. The molecule has 1 aliphatic carbocycles. The van der Waals surface area contributed by atoms with Crippen LogP contribution < -0.4 is 0 Å². The molecule has 0 radical (unpaired) electrons. The summed E-state index contributed by atoms with van der Waals surface area (Å²) in [6.07, 6.45) is 1.54. The number of aliphatic hydroxyl groups excluding tert-OH is 1. The van der Waals surface area contributed by atoms with Gasteiger partial charge in [0.05, 0.1) is 0 Å². The van der Waals surface area contributed by atoms with Crippen LogP contribution in [0.25, 0.3) is 11.1 Å². The molecule has 2 aliphatic rings. The Morgan fingerprint density at radius 2 is 1.74 bits per heavy atom. The zero-order valence-electron chi connectivity index (χ0n) is 15.8. The predicted molar refractivity (Wildman–Crippen MR) is 106 cm³/mol. The molecule has 4 rings (SSSR count). The number of carbonyl (C=O) groups excluding carboxylic acids is 1. The van der Waals surface area contributed by atoms with E-state index in [0.29, 0.717) is 31.5 Å². The first-order chi connectivity index (χ1) is 13.2. The van der Waals surface area contributed by atoms with Crippen molar-refractivity contribution in [2.45, 2.75) is 25.7 Å². The number of fused-ring (bicyclic) bond motifs is 3. The molecule has 142 valence electrons. The van der Waals surface area contributed by atoms with E-state index in [2.05, 4.69) is 43.3 Å². The van der Waals surface area contributed by atoms with Gasteiger partial charge in [0.25, 0.3) is 0 Å². The third-order valence-corrected chi connectivity index (χ3v) is 6.18. The van der Waals surface area contributed by atoms with Crippen molar-refractivity contribution in [1.29, 1.82) is 0 Å². The first-order valence-electron chi connectivity index (χ1n) is 9.89. The topological polar surface area (TPSA) is 49.8 Å². The molecule has 2 atom stereocenters. The molecule has 2 aromatic carbocycles. The fourth-order valence-corrected chi connectivity index (χ4v) is 4.64. The van der Waals surface area contributed by atoms with Crippen molar-refractivity contribution >= 4 is 6.09 Å². The molecule has 1 amide bonds. The summed E-state index contributed by atoms with van der Waals surface area (Å²) in [4.78, 5) is 14.5. The van der Waals surface area contributed by atoms with Gasteiger partial charge in [0, 0.05) is 25.6 Å². The molecule has 0 aromatic heterocycles. The van der Waals surface area contributed by atoms with E-state index in [1.165, 1.54) is 22.3 Å². The third kappa shape index (κ3) is 3.46. The number of amides is 1. The van der Waals surface area contributed by atoms with Crippen molar-refractivity contribution in [3.63, 3.8) is 0 Å². The third-order valence-electron chi connectivity index (χ3n) is 6.18. The van der Waals surface area contributed by atoms with Gasteiger partial charge < -0.3 is 14.7 Å². The van der Waals surface area contributed by atoms with E-state index >= 15 is 0 Å². The van der Waals surface area contributed by atoms with Crippen molar-refractivity contribution in [3.05, 3.63) is 59.7 Å². The van der Waals surface area contributed by atoms with Gasteiger partial charge >= 0.3 is 6.09 Å². The number of aliphatic hydroxyl groups is 1. The maximum atomic E-state index is 12.6. The summed E-state index contributed by atoms with van der Waals surface area (Å²) in [5.41, 5.74) is 4.96. The molecule has 1 N–H and O–H groups in total. The van der Waals surface area contributed by atoms with E-state index in [1.807, 2.05) is 17.0 Å². The molecule has 0 unspecified atom stereocenters. The van der Waals surface area contributed by atoms with Crippen LogP contribution in [-0.4, -0.2) is 42.4 Å². The zero-order chi connectivity index (χ0) is 18.8. The number of hydrogen-bond donors (Lipinski definition) is 1. The summed E-state index contributed by atoms with van der Waals surface area (Å²) in [6.45, 7) is 4.17. The Bertz CT molecular complexity index is 773. The van der Waals surface area contributed by atoms with Gasteiger partial charge in [0.2, 0.25) is 0 Å². The van der Waals surface area contributed by atoms with Gasteiger partial charge in [-0.15, -0.1) is 0 Å². The monoisotopic (exact) mass is 365 g/mol. The first-order valence-corrected chi connectivity index (χ1v) is 9.89. The lowest BCUT2D eigenvalue weighted by atomic mass is 9.85. The second kappa shape index (κ2) is 7.73. The van der Waals surface area contributed by atoms with Crippen LogP contribution in [0.2, 0.25) is 0 Å². The van der Waals surface area contributed by atoms with Crippen molar-refractivity contribution in [2.75, 3.05) is 26.3 Å². The van der Waals surface area contributed by atoms with E-state index in [0.717, 1.165) is 12.8 Å². The molecular formula is C23H27NO3. The van der Waals surface area contributed by atoms with Crippen LogP contribution in [0.1, 0.15) is 36.8 Å². The van der Waals surface area contributed by atoms with E-state index < -0.39 is 0 Å². The number of carbonyl (C=O) groups is 1. The minimum absolute atomic E-state index is 0.103. The summed E-state index contributed by atoms with van der Waals surface area (Å²) in [5.74, 6) is 0.990. The number of nitrogens with zero attached hydrogens (tertiary/aromatic N) is 1. The number of benzene rings is 2. The Morgan fingerprint density at radius 1 is 1.11 bits per heavy atom. The summed E-state index contributed by atoms with van der Waals surface area (Å²) >= 11 is 0. The van der Waals surface area contributed by atoms with Crippen LogP contribution >= 0.6 is 0 Å². The average Bonchev–Trinajstić information content (AvgIpc) is 3.02. The number of likely N-dealkylation sites (tertiary alicyclic amines) is 1. The average molecular weight is 365 g/mol. The van der Waals surface area contributed by atoms with Crippen LogP contribution in [0.5, 0.6) is 0 Å². The quantitative estimate of drug-likeness (QED) is 0.880. The summed E-state index contributed by atoms with van der Waals surface area (Å²) in [7, 11) is 0. The lowest BCUT2D eigenvalue weighted by Gasteiger charge is -2.36. The second-order valence-corrected chi connectivity index (χ2v) is 7.79. The molecule has 1 heterocycles. The Kier molecular flexibility index (Phi) is 5.17. The first kappa shape index (κ1) is 18.1. The standard InChI is InChI=1S/C23H27NO3/c1-16-14-24(12-10-17(16)11-13-25)23(26)27-15-22-20-8-4-2-6-18(20)19-7-3-5-9-21(19)22/h2-9,16-17,22,25H,10-15H2,1H3/t16-,17+/m1/s1. The summed E-state index contributed by atoms with van der Waals surface area (Å²) < 4.78 is 5.76. The molecule has 1 fully saturated rings. The Morgan fingerprint density at radius 3 is 2.33 bits per heavy atom. The smallest absolute Gasteiger partial charge is 0.409 e. The zero-order valence-corrected chi connectivity index (χ0v) is 15.8. The molecule has 0 spiro atoms. The van der Waals surface area contributed by atoms with Crippen LogP contribution in [0.4, 0.5) is 4.79 Å². The van der Waals surface area contributed by atoms with Gasteiger partial charge in [-0.25, -0.2) is 4.79 Å². The highest BCUT2D eigenvalue weighted by Crippen LogP contribution is 2.44. The van der Waals surface area contributed by atoms with Crippen molar-refractivity contribution in [2.24, 2.45) is 11.8 Å². The minimum atomic E-state index is -0.217. The highest BCUT2D eigenvalue weighted by molar-refractivity contribution is 5.79. The summed E-state index contributed by atoms with van der Waals surface area (Å²) in [5, 5.41) is 9.17. The van der Waals surface area contributed by atoms with Crippen LogP contribution in [0, 0.1) is 11.8 Å². The number of rotatable bonds is 4. The van der Waals surface area contributed by atoms with E-state index in [1.54, 1.807) is 0 Å². The number of piperidine rings is 1. The molecule has 2 aromatic rings. The molecule has 27 heavy (non-hydrogen) atoms. The molecule has 1 saturated heterocycles. The van der Waals surface area contributed by atoms with Crippen LogP contribution in [0.15, 0.2) is 48.5 Å². The number of hydrogen-bond acceptors (Lipinski definition) is 3. The summed E-state index contributed by atoms with van der Waals surface area (Å²) in [6, 6.07) is 16.8. The van der Waals surface area contributed by atoms with E-state index in [9.17, 15) is 9.90 Å². The maximum Gasteiger partial charge on any atom is 0.409 e. The molecule has 0 bridgehead atoms. The highest BCUT2D eigenvalue weighted by atomic mass is 16.6. The highest BCUT2D eigenvalue weighted by Gasteiger charge is 2.32. The van der Waals surface area contributed by atoms with Crippen molar-refractivity contribution < 1.29 is 14.6 Å². The number of ether oxygens (including phenoxy) is 1. The predicted octanol–water partition coefficient (Wildman–Crippen LogP) is 4.28. The fourth-order valence-electron chi connectivity index (χ4n) is 4.64. The van der Waals surface area contributed by atoms with Crippen molar-refractivity contribution in [3.8, 4) is 11.1 Å². The van der Waals surface area contributed by atoms with Gasteiger partial charge in [0.1, 0.15) is 6.61 Å². The SMILES string of the molecule is C[C@@H]1CN(C(=O)OCC2c3ccccc3-c3ccccc32)CC[C@H]1CCO. The van der Waals surface area contributed by atoms with Crippen LogP contribution in [0.3, 0.4) is 0 Å². The molecular weight excluding hydrogens is 338 g/mol. The maximum absolute atomic E-state index is 12.6. The lowest BCUT2D eigenvalue weighted by molar-refractivity contribution is 0.0653. The van der Waals surface area contributed by atoms with Gasteiger partial charge in [-0.2, -0.15) is 0 Å². The Hall–Kier alpha value is -2.33. The van der Waals surface area contributed by atoms with E-state index in [-0.39, 0.29) is 18.6 Å². The second-order valence-electron chi connectivity index (χ2n) is 7.79. The molecule has 4 heteroatoms. The van der Waals surface area contributed by atoms with Crippen LogP contribution in [-0.2, 0) is 4.74 Å².